The fourth-order valence-electron chi connectivity index (χ4n) is 1.82. The summed E-state index contributed by atoms with van der Waals surface area (Å²) >= 11 is 3.48. The van der Waals surface area contributed by atoms with Gasteiger partial charge >= 0.3 is 0 Å². The molecule has 0 aliphatic carbocycles. The summed E-state index contributed by atoms with van der Waals surface area (Å²) in [6, 6.07) is 13.6. The number of ether oxygens (including phenoxy) is 2. The molecule has 0 atom stereocenters. The number of para-hydroxylation sites is 1. The van der Waals surface area contributed by atoms with Gasteiger partial charge in [-0.1, -0.05) is 18.2 Å². The summed E-state index contributed by atoms with van der Waals surface area (Å²) in [4.78, 5) is 0. The molecule has 0 fully saturated rings. The first-order chi connectivity index (χ1) is 10.2. The maximum Gasteiger partial charge on any atom is 0.174 e. The lowest BCUT2D eigenvalue weighted by molar-refractivity contribution is 0.310. The smallest absolute Gasteiger partial charge is 0.174 e. The molecule has 0 radical (unpaired) electrons. The molecular weight excluding hydrogens is 332 g/mol. The quantitative estimate of drug-likeness (QED) is 0.625. The fraction of sp³-hybridized carbons (Fsp3) is 0.188. The van der Waals surface area contributed by atoms with Crippen LogP contribution in [0.5, 0.6) is 11.5 Å². The van der Waals surface area contributed by atoms with E-state index in [1.54, 1.807) is 13.3 Å². The van der Waals surface area contributed by atoms with Gasteiger partial charge in [0.15, 0.2) is 11.5 Å². The van der Waals surface area contributed by atoms with Crippen molar-refractivity contribution in [3.63, 3.8) is 0 Å². The second kappa shape index (κ2) is 7.69. The zero-order valence-electron chi connectivity index (χ0n) is 12.0. The second-order valence-corrected chi connectivity index (χ2v) is 5.06. The van der Waals surface area contributed by atoms with Gasteiger partial charge in [-0.15, -0.1) is 0 Å². The largest absolute Gasteiger partial charge is 0.492 e. The lowest BCUT2D eigenvalue weighted by Crippen LogP contribution is -1.98. The second-order valence-electron chi connectivity index (χ2n) is 4.20. The lowest BCUT2D eigenvalue weighted by atomic mass is 10.2. The third-order valence-electron chi connectivity index (χ3n) is 2.72. The van der Waals surface area contributed by atoms with Crippen molar-refractivity contribution in [2.75, 3.05) is 19.1 Å². The summed E-state index contributed by atoms with van der Waals surface area (Å²) < 4.78 is 11.7. The molecule has 2 aromatic carbocycles. The number of hydrazone groups is 1. The van der Waals surface area contributed by atoms with Gasteiger partial charge in [-0.05, 0) is 52.7 Å². The van der Waals surface area contributed by atoms with Gasteiger partial charge in [-0.25, -0.2) is 0 Å². The molecule has 0 unspecified atom stereocenters. The molecule has 0 saturated carbocycles. The van der Waals surface area contributed by atoms with Crippen LogP contribution in [0.4, 0.5) is 5.69 Å². The van der Waals surface area contributed by atoms with Crippen molar-refractivity contribution in [3.05, 3.63) is 52.5 Å². The first-order valence-corrected chi connectivity index (χ1v) is 7.38. The van der Waals surface area contributed by atoms with Crippen LogP contribution in [-0.2, 0) is 0 Å². The van der Waals surface area contributed by atoms with E-state index in [4.69, 9.17) is 9.47 Å². The first-order valence-electron chi connectivity index (χ1n) is 6.59. The highest BCUT2D eigenvalue weighted by atomic mass is 79.9. The van der Waals surface area contributed by atoms with Crippen LogP contribution in [0.3, 0.4) is 0 Å². The van der Waals surface area contributed by atoms with Crippen LogP contribution in [0, 0.1) is 0 Å². The molecule has 0 heterocycles. The Kier molecular flexibility index (Phi) is 5.63. The Balaban J connectivity index is 2.16. The molecule has 0 bridgehead atoms. The van der Waals surface area contributed by atoms with Gasteiger partial charge in [-0.3, -0.25) is 5.43 Å². The highest BCUT2D eigenvalue weighted by Gasteiger charge is 2.10. The molecule has 0 amide bonds. The van der Waals surface area contributed by atoms with Crippen molar-refractivity contribution in [2.24, 2.45) is 5.10 Å². The monoisotopic (exact) mass is 348 g/mol. The summed E-state index contributed by atoms with van der Waals surface area (Å²) in [5, 5.41) is 4.22. The third kappa shape index (κ3) is 4.23. The van der Waals surface area contributed by atoms with Crippen molar-refractivity contribution in [1.29, 1.82) is 0 Å². The number of nitrogens with one attached hydrogen (secondary N) is 1. The van der Waals surface area contributed by atoms with Crippen molar-refractivity contribution >= 4 is 27.8 Å². The Morgan fingerprint density at radius 3 is 2.67 bits per heavy atom. The van der Waals surface area contributed by atoms with Crippen molar-refractivity contribution < 1.29 is 9.47 Å². The highest BCUT2D eigenvalue weighted by molar-refractivity contribution is 9.10. The maximum atomic E-state index is 5.58. The lowest BCUT2D eigenvalue weighted by Gasteiger charge is -2.11. The van der Waals surface area contributed by atoms with E-state index in [1.807, 2.05) is 49.4 Å². The van der Waals surface area contributed by atoms with Crippen LogP contribution in [0.2, 0.25) is 0 Å². The molecule has 2 rings (SSSR count). The summed E-state index contributed by atoms with van der Waals surface area (Å²) in [5.74, 6) is 1.38. The number of anilines is 1. The molecule has 0 aliphatic rings. The number of hydrogen-bond donors (Lipinski definition) is 1. The minimum absolute atomic E-state index is 0.575. The van der Waals surface area contributed by atoms with E-state index < -0.39 is 0 Å². The van der Waals surface area contributed by atoms with Crippen LogP contribution in [0.25, 0.3) is 0 Å². The Morgan fingerprint density at radius 1 is 1.24 bits per heavy atom. The minimum atomic E-state index is 0.575. The molecule has 0 aliphatic heterocycles. The van der Waals surface area contributed by atoms with E-state index in [1.165, 1.54) is 0 Å². The maximum absolute atomic E-state index is 5.58. The van der Waals surface area contributed by atoms with E-state index in [9.17, 15) is 0 Å². The average Bonchev–Trinajstić information content (AvgIpc) is 2.48. The van der Waals surface area contributed by atoms with Crippen molar-refractivity contribution in [3.8, 4) is 11.5 Å². The zero-order chi connectivity index (χ0) is 15.1. The highest BCUT2D eigenvalue weighted by Crippen LogP contribution is 2.36. The number of nitrogens with zero attached hydrogens (tertiary/aromatic N) is 1. The van der Waals surface area contributed by atoms with Crippen LogP contribution < -0.4 is 14.9 Å². The third-order valence-corrected chi connectivity index (χ3v) is 3.31. The van der Waals surface area contributed by atoms with Crippen molar-refractivity contribution in [1.82, 2.24) is 0 Å². The van der Waals surface area contributed by atoms with Gasteiger partial charge in [-0.2, -0.15) is 5.10 Å². The Bertz CT molecular complexity index is 615. The van der Waals surface area contributed by atoms with Gasteiger partial charge in [0.1, 0.15) is 0 Å². The van der Waals surface area contributed by atoms with E-state index in [0.29, 0.717) is 18.1 Å². The minimum Gasteiger partial charge on any atom is -0.492 e. The van der Waals surface area contributed by atoms with Crippen LogP contribution in [0.15, 0.2) is 52.0 Å². The Labute approximate surface area is 132 Å². The predicted molar refractivity (Wildman–Crippen MR) is 89.5 cm³/mol. The Hall–Kier alpha value is -2.01. The van der Waals surface area contributed by atoms with Crippen LogP contribution in [0.1, 0.15) is 12.5 Å². The normalized spacial score (nSPS) is 10.6. The summed E-state index contributed by atoms with van der Waals surface area (Å²) in [7, 11) is 1.62. The average molecular weight is 349 g/mol. The number of hydrogen-bond acceptors (Lipinski definition) is 4. The van der Waals surface area contributed by atoms with Gasteiger partial charge in [0.05, 0.1) is 30.1 Å². The molecule has 5 heteroatoms. The molecule has 110 valence electrons. The zero-order valence-corrected chi connectivity index (χ0v) is 13.6. The molecule has 2 aromatic rings. The number of halogens is 1. The van der Waals surface area contributed by atoms with E-state index in [-0.39, 0.29) is 0 Å². The van der Waals surface area contributed by atoms with E-state index in [2.05, 4.69) is 26.5 Å². The molecule has 0 aromatic heterocycles. The summed E-state index contributed by atoms with van der Waals surface area (Å²) in [5.41, 5.74) is 4.82. The van der Waals surface area contributed by atoms with Crippen LogP contribution in [-0.4, -0.2) is 19.9 Å². The molecule has 4 nitrogen and oxygen atoms in total. The summed E-state index contributed by atoms with van der Waals surface area (Å²) in [6.07, 6.45) is 1.74. The first kappa shape index (κ1) is 15.4. The van der Waals surface area contributed by atoms with Gasteiger partial charge in [0.25, 0.3) is 0 Å². The molecule has 0 spiro atoms. The van der Waals surface area contributed by atoms with Crippen LogP contribution >= 0.6 is 15.9 Å². The number of methoxy groups -OCH3 is 1. The predicted octanol–water partition coefficient (Wildman–Crippen LogP) is 4.30. The van der Waals surface area contributed by atoms with Gasteiger partial charge < -0.3 is 9.47 Å². The van der Waals surface area contributed by atoms with Gasteiger partial charge in [0.2, 0.25) is 0 Å². The fourth-order valence-corrected chi connectivity index (χ4v) is 2.44. The topological polar surface area (TPSA) is 42.8 Å². The van der Waals surface area contributed by atoms with E-state index >= 15 is 0 Å². The molecule has 21 heavy (non-hydrogen) atoms. The number of benzene rings is 2. The standard InChI is InChI=1S/C16H17BrN2O2/c1-3-21-15-10-12(9-14(17)16(15)20-2)11-18-19-13-7-5-4-6-8-13/h4-11,19H,3H2,1-2H3/b18-11+. The van der Waals surface area contributed by atoms with Gasteiger partial charge in [0, 0.05) is 0 Å². The SMILES string of the molecule is CCOc1cc(/C=N/Nc2ccccc2)cc(Br)c1OC. The molecule has 1 N–H and O–H groups in total. The van der Waals surface area contributed by atoms with E-state index in [0.717, 1.165) is 15.7 Å². The molecular formula is C16H17BrN2O2. The summed E-state index contributed by atoms with van der Waals surface area (Å²) in [6.45, 7) is 2.51. The number of rotatable bonds is 6. The Morgan fingerprint density at radius 2 is 2.00 bits per heavy atom. The van der Waals surface area contributed by atoms with Crippen molar-refractivity contribution in [2.45, 2.75) is 6.92 Å². The molecule has 0 saturated heterocycles.